The first-order chi connectivity index (χ1) is 11.9. The van der Waals surface area contributed by atoms with Gasteiger partial charge < -0.3 is 24.6 Å². The van der Waals surface area contributed by atoms with Crippen LogP contribution in [0.4, 0.5) is 5.69 Å². The van der Waals surface area contributed by atoms with Crippen LogP contribution in [0.15, 0.2) is 30.3 Å². The SMILES string of the molecule is COc1ccc(C(=O)Nc2cc(OC)c(C(=O)O)cc2Cl)cc1OC. The van der Waals surface area contributed by atoms with Gasteiger partial charge in [0.1, 0.15) is 11.3 Å². The first kappa shape index (κ1) is 18.4. The molecule has 0 spiro atoms. The highest BCUT2D eigenvalue weighted by Crippen LogP contribution is 2.32. The van der Waals surface area contributed by atoms with Crippen molar-refractivity contribution in [3.05, 3.63) is 46.5 Å². The summed E-state index contributed by atoms with van der Waals surface area (Å²) >= 11 is 6.06. The maximum Gasteiger partial charge on any atom is 0.339 e. The predicted molar refractivity (Wildman–Crippen MR) is 92.5 cm³/mol. The van der Waals surface area contributed by atoms with Gasteiger partial charge in [-0.1, -0.05) is 11.6 Å². The molecule has 0 saturated heterocycles. The van der Waals surface area contributed by atoms with Gasteiger partial charge in [-0.2, -0.15) is 0 Å². The molecule has 2 N–H and O–H groups in total. The number of methoxy groups -OCH3 is 3. The van der Waals surface area contributed by atoms with E-state index in [1.165, 1.54) is 39.5 Å². The monoisotopic (exact) mass is 365 g/mol. The molecule has 2 aromatic carbocycles. The van der Waals surface area contributed by atoms with Gasteiger partial charge in [-0.25, -0.2) is 4.79 Å². The number of hydrogen-bond acceptors (Lipinski definition) is 5. The van der Waals surface area contributed by atoms with Crippen molar-refractivity contribution in [1.29, 1.82) is 0 Å². The van der Waals surface area contributed by atoms with Crippen LogP contribution in [0, 0.1) is 0 Å². The average molecular weight is 366 g/mol. The Bertz CT molecular complexity index is 821. The van der Waals surface area contributed by atoms with Crippen molar-refractivity contribution < 1.29 is 28.9 Å². The van der Waals surface area contributed by atoms with Crippen LogP contribution in [0.1, 0.15) is 20.7 Å². The minimum atomic E-state index is -1.18. The predicted octanol–water partition coefficient (Wildman–Crippen LogP) is 3.32. The lowest BCUT2D eigenvalue weighted by Crippen LogP contribution is -2.13. The second-order valence-electron chi connectivity index (χ2n) is 4.86. The second-order valence-corrected chi connectivity index (χ2v) is 5.27. The standard InChI is InChI=1S/C17H16ClNO6/c1-23-13-5-4-9(6-15(13)25-3)16(20)19-12-8-14(24-2)10(17(21)22)7-11(12)18/h4-8H,1-3H3,(H,19,20)(H,21,22). The number of ether oxygens (including phenoxy) is 3. The average Bonchev–Trinajstić information content (AvgIpc) is 2.62. The molecular weight excluding hydrogens is 350 g/mol. The summed E-state index contributed by atoms with van der Waals surface area (Å²) in [5, 5.41) is 11.8. The van der Waals surface area contributed by atoms with Crippen LogP contribution < -0.4 is 19.5 Å². The molecule has 132 valence electrons. The lowest BCUT2D eigenvalue weighted by Gasteiger charge is -2.13. The molecule has 0 bridgehead atoms. The number of carbonyl (C=O) groups is 2. The van der Waals surface area contributed by atoms with Crippen LogP contribution in [-0.2, 0) is 0 Å². The minimum Gasteiger partial charge on any atom is -0.496 e. The number of carboxylic acid groups (broad SMARTS) is 1. The molecule has 0 aliphatic rings. The van der Waals surface area contributed by atoms with E-state index in [9.17, 15) is 9.59 Å². The Morgan fingerprint density at radius 3 is 2.16 bits per heavy atom. The number of benzene rings is 2. The Morgan fingerprint density at radius 2 is 1.60 bits per heavy atom. The first-order valence-corrected chi connectivity index (χ1v) is 7.43. The van der Waals surface area contributed by atoms with Gasteiger partial charge >= 0.3 is 5.97 Å². The van der Waals surface area contributed by atoms with E-state index in [4.69, 9.17) is 30.9 Å². The quantitative estimate of drug-likeness (QED) is 0.815. The van der Waals surface area contributed by atoms with Crippen molar-refractivity contribution in [1.82, 2.24) is 0 Å². The largest absolute Gasteiger partial charge is 0.496 e. The van der Waals surface area contributed by atoms with Gasteiger partial charge in [0.25, 0.3) is 5.91 Å². The van der Waals surface area contributed by atoms with Gasteiger partial charge in [0.2, 0.25) is 0 Å². The number of aromatic carboxylic acids is 1. The molecule has 0 aliphatic heterocycles. The molecule has 25 heavy (non-hydrogen) atoms. The van der Waals surface area contributed by atoms with Crippen molar-refractivity contribution in [3.63, 3.8) is 0 Å². The Morgan fingerprint density at radius 1 is 0.960 bits per heavy atom. The molecule has 1 amide bonds. The van der Waals surface area contributed by atoms with E-state index in [1.807, 2.05) is 0 Å². The summed E-state index contributed by atoms with van der Waals surface area (Å²) in [7, 11) is 4.29. The lowest BCUT2D eigenvalue weighted by atomic mass is 10.1. The van der Waals surface area contributed by atoms with Crippen molar-refractivity contribution in [2.75, 3.05) is 26.6 Å². The molecule has 0 fully saturated rings. The third-order valence-corrected chi connectivity index (χ3v) is 3.73. The second kappa shape index (κ2) is 7.76. The molecule has 0 saturated carbocycles. The zero-order chi connectivity index (χ0) is 18.6. The van der Waals surface area contributed by atoms with E-state index < -0.39 is 11.9 Å². The molecule has 8 heteroatoms. The van der Waals surface area contributed by atoms with E-state index >= 15 is 0 Å². The van der Waals surface area contributed by atoms with E-state index in [1.54, 1.807) is 12.1 Å². The number of carboxylic acids is 1. The summed E-state index contributed by atoms with van der Waals surface area (Å²) in [5.74, 6) is -0.659. The fourth-order valence-electron chi connectivity index (χ4n) is 2.16. The van der Waals surface area contributed by atoms with Gasteiger partial charge in [0.05, 0.1) is 32.0 Å². The normalized spacial score (nSPS) is 10.1. The summed E-state index contributed by atoms with van der Waals surface area (Å²) in [4.78, 5) is 23.6. The number of carbonyl (C=O) groups excluding carboxylic acids is 1. The Kier molecular flexibility index (Phi) is 5.71. The molecule has 2 aromatic rings. The van der Waals surface area contributed by atoms with Crippen LogP contribution in [0.3, 0.4) is 0 Å². The molecular formula is C17H16ClNO6. The summed E-state index contributed by atoms with van der Waals surface area (Å²) in [6.07, 6.45) is 0. The van der Waals surface area contributed by atoms with E-state index in [-0.39, 0.29) is 22.0 Å². The van der Waals surface area contributed by atoms with Gasteiger partial charge in [0, 0.05) is 11.6 Å². The summed E-state index contributed by atoms with van der Waals surface area (Å²) in [5.41, 5.74) is 0.440. The van der Waals surface area contributed by atoms with Gasteiger partial charge in [-0.15, -0.1) is 0 Å². The number of nitrogens with one attached hydrogen (secondary N) is 1. The molecule has 0 aromatic heterocycles. The first-order valence-electron chi connectivity index (χ1n) is 7.05. The van der Waals surface area contributed by atoms with Gasteiger partial charge in [-0.3, -0.25) is 4.79 Å². The van der Waals surface area contributed by atoms with Gasteiger partial charge in [0.15, 0.2) is 11.5 Å². The highest BCUT2D eigenvalue weighted by Gasteiger charge is 2.17. The molecule has 0 radical (unpaired) electrons. The number of rotatable bonds is 6. The van der Waals surface area contributed by atoms with E-state index in [2.05, 4.69) is 5.32 Å². The fraction of sp³-hybridized carbons (Fsp3) is 0.176. The van der Waals surface area contributed by atoms with Crippen molar-refractivity contribution in [2.45, 2.75) is 0 Å². The van der Waals surface area contributed by atoms with E-state index in [0.29, 0.717) is 17.1 Å². The topological polar surface area (TPSA) is 94.1 Å². The molecule has 0 heterocycles. The summed E-state index contributed by atoms with van der Waals surface area (Å²) < 4.78 is 15.3. The fourth-order valence-corrected chi connectivity index (χ4v) is 2.37. The molecule has 7 nitrogen and oxygen atoms in total. The third kappa shape index (κ3) is 3.95. The van der Waals surface area contributed by atoms with Crippen molar-refractivity contribution in [2.24, 2.45) is 0 Å². The minimum absolute atomic E-state index is 0.0760. The van der Waals surface area contributed by atoms with Crippen LogP contribution in [-0.4, -0.2) is 38.3 Å². The highest BCUT2D eigenvalue weighted by molar-refractivity contribution is 6.34. The molecule has 0 atom stereocenters. The Hall–Kier alpha value is -2.93. The molecule has 0 aliphatic carbocycles. The smallest absolute Gasteiger partial charge is 0.339 e. The maximum atomic E-state index is 12.4. The van der Waals surface area contributed by atoms with Crippen molar-refractivity contribution >= 4 is 29.2 Å². The number of anilines is 1. The maximum absolute atomic E-state index is 12.4. The zero-order valence-electron chi connectivity index (χ0n) is 13.8. The lowest BCUT2D eigenvalue weighted by molar-refractivity contribution is 0.0693. The van der Waals surface area contributed by atoms with Crippen LogP contribution in [0.2, 0.25) is 5.02 Å². The molecule has 2 rings (SSSR count). The van der Waals surface area contributed by atoms with Crippen LogP contribution in [0.25, 0.3) is 0 Å². The Balaban J connectivity index is 2.33. The van der Waals surface area contributed by atoms with Crippen molar-refractivity contribution in [3.8, 4) is 17.2 Å². The molecule has 0 unspecified atom stereocenters. The highest BCUT2D eigenvalue weighted by atomic mass is 35.5. The van der Waals surface area contributed by atoms with Crippen LogP contribution >= 0.6 is 11.6 Å². The number of amides is 1. The van der Waals surface area contributed by atoms with Gasteiger partial charge in [-0.05, 0) is 24.3 Å². The van der Waals surface area contributed by atoms with E-state index in [0.717, 1.165) is 0 Å². The third-order valence-electron chi connectivity index (χ3n) is 3.41. The summed E-state index contributed by atoms with van der Waals surface area (Å²) in [6, 6.07) is 7.25. The number of hydrogen-bond donors (Lipinski definition) is 2. The number of halogens is 1. The zero-order valence-corrected chi connectivity index (χ0v) is 14.5. The Labute approximate surface area is 149 Å². The van der Waals surface area contributed by atoms with Crippen LogP contribution in [0.5, 0.6) is 17.2 Å². The summed E-state index contributed by atoms with van der Waals surface area (Å²) in [6.45, 7) is 0.